The number of morpholine rings is 1. The Labute approximate surface area is 183 Å². The Morgan fingerprint density at radius 3 is 2.58 bits per heavy atom. The molecule has 0 atom stereocenters. The number of amides is 1. The van der Waals surface area contributed by atoms with E-state index in [0.29, 0.717) is 57.2 Å². The van der Waals surface area contributed by atoms with E-state index in [-0.39, 0.29) is 17.2 Å². The molecule has 2 aromatic carbocycles. The molecule has 0 unspecified atom stereocenters. The SMILES string of the molecule is COc1ccc(S(=O)(=O)N2CCOCC2)cc1CCC(=O)NCCOc1ccccc1. The van der Waals surface area contributed by atoms with Gasteiger partial charge in [0.2, 0.25) is 15.9 Å². The number of benzene rings is 2. The molecule has 2 aromatic rings. The number of para-hydroxylation sites is 1. The van der Waals surface area contributed by atoms with Crippen molar-refractivity contribution in [2.75, 3.05) is 46.6 Å². The van der Waals surface area contributed by atoms with Crippen LogP contribution in [-0.4, -0.2) is 65.2 Å². The van der Waals surface area contributed by atoms with Gasteiger partial charge in [0.1, 0.15) is 18.1 Å². The number of aryl methyl sites for hydroxylation is 1. The van der Waals surface area contributed by atoms with E-state index in [1.165, 1.54) is 17.5 Å². The summed E-state index contributed by atoms with van der Waals surface area (Å²) in [6, 6.07) is 14.1. The van der Waals surface area contributed by atoms with Crippen LogP contribution in [0.2, 0.25) is 0 Å². The third kappa shape index (κ3) is 6.43. The predicted molar refractivity (Wildman–Crippen MR) is 116 cm³/mol. The summed E-state index contributed by atoms with van der Waals surface area (Å²) in [5.74, 6) is 1.17. The average Bonchev–Trinajstić information content (AvgIpc) is 2.81. The fourth-order valence-electron chi connectivity index (χ4n) is 3.26. The maximum atomic E-state index is 12.9. The number of hydrogen-bond acceptors (Lipinski definition) is 6. The van der Waals surface area contributed by atoms with Gasteiger partial charge in [-0.25, -0.2) is 8.42 Å². The summed E-state index contributed by atoms with van der Waals surface area (Å²) in [7, 11) is -2.09. The van der Waals surface area contributed by atoms with Crippen molar-refractivity contribution < 1.29 is 27.4 Å². The molecule has 1 fully saturated rings. The first-order valence-corrected chi connectivity index (χ1v) is 11.6. The van der Waals surface area contributed by atoms with Crippen LogP contribution in [0, 0.1) is 0 Å². The Bertz CT molecular complexity index is 959. The topological polar surface area (TPSA) is 94.2 Å². The van der Waals surface area contributed by atoms with Gasteiger partial charge in [-0.3, -0.25) is 4.79 Å². The van der Waals surface area contributed by atoms with Crippen molar-refractivity contribution in [3.63, 3.8) is 0 Å². The first kappa shape index (κ1) is 23.1. The Morgan fingerprint density at radius 1 is 1.13 bits per heavy atom. The summed E-state index contributed by atoms with van der Waals surface area (Å²) in [6.07, 6.45) is 0.573. The molecule has 168 valence electrons. The molecule has 1 saturated heterocycles. The van der Waals surface area contributed by atoms with Crippen molar-refractivity contribution in [2.45, 2.75) is 17.7 Å². The third-order valence-electron chi connectivity index (χ3n) is 4.92. The molecule has 0 spiro atoms. The summed E-state index contributed by atoms with van der Waals surface area (Å²) < 4.78 is 43.4. The Hall–Kier alpha value is -2.62. The first-order chi connectivity index (χ1) is 15.0. The largest absolute Gasteiger partial charge is 0.496 e. The molecule has 0 saturated carbocycles. The highest BCUT2D eigenvalue weighted by atomic mass is 32.2. The van der Waals surface area contributed by atoms with Gasteiger partial charge in [-0.2, -0.15) is 4.31 Å². The van der Waals surface area contributed by atoms with Crippen molar-refractivity contribution in [2.24, 2.45) is 0 Å². The number of hydrogen-bond donors (Lipinski definition) is 1. The van der Waals surface area contributed by atoms with Gasteiger partial charge in [-0.05, 0) is 42.3 Å². The molecule has 1 aliphatic rings. The van der Waals surface area contributed by atoms with E-state index in [2.05, 4.69) is 5.32 Å². The molecule has 8 nitrogen and oxygen atoms in total. The molecule has 9 heteroatoms. The Balaban J connectivity index is 1.55. The summed E-state index contributed by atoms with van der Waals surface area (Å²) in [5.41, 5.74) is 0.674. The van der Waals surface area contributed by atoms with Crippen LogP contribution >= 0.6 is 0 Å². The number of ether oxygens (including phenoxy) is 3. The highest BCUT2D eigenvalue weighted by molar-refractivity contribution is 7.89. The number of rotatable bonds is 10. The highest BCUT2D eigenvalue weighted by Crippen LogP contribution is 2.26. The molecule has 0 aromatic heterocycles. The van der Waals surface area contributed by atoms with Crippen LogP contribution in [-0.2, 0) is 26.0 Å². The zero-order chi connectivity index (χ0) is 22.1. The van der Waals surface area contributed by atoms with Crippen LogP contribution in [0.1, 0.15) is 12.0 Å². The molecule has 3 rings (SSSR count). The van der Waals surface area contributed by atoms with Gasteiger partial charge in [0, 0.05) is 19.5 Å². The van der Waals surface area contributed by atoms with Crippen molar-refractivity contribution >= 4 is 15.9 Å². The lowest BCUT2D eigenvalue weighted by Gasteiger charge is -2.26. The van der Waals surface area contributed by atoms with Gasteiger partial charge in [0.05, 0.1) is 31.8 Å². The number of methoxy groups -OCH3 is 1. The van der Waals surface area contributed by atoms with E-state index in [9.17, 15) is 13.2 Å². The lowest BCUT2D eigenvalue weighted by Crippen LogP contribution is -2.40. The smallest absolute Gasteiger partial charge is 0.243 e. The summed E-state index contributed by atoms with van der Waals surface area (Å²) in [4.78, 5) is 12.4. The molecule has 1 aliphatic heterocycles. The second-order valence-electron chi connectivity index (χ2n) is 7.00. The van der Waals surface area contributed by atoms with E-state index in [1.807, 2.05) is 30.3 Å². The number of nitrogens with one attached hydrogen (secondary N) is 1. The van der Waals surface area contributed by atoms with Crippen LogP contribution in [0.15, 0.2) is 53.4 Å². The summed E-state index contributed by atoms with van der Waals surface area (Å²) >= 11 is 0. The molecule has 1 heterocycles. The maximum absolute atomic E-state index is 12.9. The molecule has 31 heavy (non-hydrogen) atoms. The van der Waals surface area contributed by atoms with Crippen LogP contribution in [0.5, 0.6) is 11.5 Å². The van der Waals surface area contributed by atoms with Gasteiger partial charge in [0.15, 0.2) is 0 Å². The lowest BCUT2D eigenvalue weighted by atomic mass is 10.1. The minimum atomic E-state index is -3.61. The van der Waals surface area contributed by atoms with Gasteiger partial charge >= 0.3 is 0 Å². The van der Waals surface area contributed by atoms with E-state index in [1.54, 1.807) is 12.1 Å². The molecule has 1 N–H and O–H groups in total. The summed E-state index contributed by atoms with van der Waals surface area (Å²) in [5, 5.41) is 2.81. The van der Waals surface area contributed by atoms with Crippen LogP contribution in [0.4, 0.5) is 0 Å². The van der Waals surface area contributed by atoms with Crippen molar-refractivity contribution in [1.82, 2.24) is 9.62 Å². The van der Waals surface area contributed by atoms with Gasteiger partial charge in [0.25, 0.3) is 0 Å². The van der Waals surface area contributed by atoms with Gasteiger partial charge in [-0.15, -0.1) is 0 Å². The van der Waals surface area contributed by atoms with E-state index >= 15 is 0 Å². The molecule has 0 bridgehead atoms. The molecule has 0 radical (unpaired) electrons. The minimum Gasteiger partial charge on any atom is -0.496 e. The van der Waals surface area contributed by atoms with Gasteiger partial charge < -0.3 is 19.5 Å². The molecule has 1 amide bonds. The number of carbonyl (C=O) groups is 1. The summed E-state index contributed by atoms with van der Waals surface area (Å²) in [6.45, 7) is 2.18. The standard InChI is InChI=1S/C22H28N2O6S/c1-28-21-9-8-20(31(26,27)24-12-15-29-16-13-24)17-18(21)7-10-22(25)23-11-14-30-19-5-3-2-4-6-19/h2-6,8-9,17H,7,10-16H2,1H3,(H,23,25). The van der Waals surface area contributed by atoms with Crippen molar-refractivity contribution in [3.8, 4) is 11.5 Å². The van der Waals surface area contributed by atoms with Crippen molar-refractivity contribution in [1.29, 1.82) is 0 Å². The normalized spacial score (nSPS) is 14.7. The molecule has 0 aliphatic carbocycles. The zero-order valence-corrected chi connectivity index (χ0v) is 18.4. The minimum absolute atomic E-state index is 0.139. The lowest BCUT2D eigenvalue weighted by molar-refractivity contribution is -0.121. The Morgan fingerprint density at radius 2 is 1.87 bits per heavy atom. The van der Waals surface area contributed by atoms with Crippen molar-refractivity contribution in [3.05, 3.63) is 54.1 Å². The predicted octanol–water partition coefficient (Wildman–Crippen LogP) is 1.84. The quantitative estimate of drug-likeness (QED) is 0.558. The number of carbonyl (C=O) groups excluding carboxylic acids is 1. The average molecular weight is 449 g/mol. The monoisotopic (exact) mass is 448 g/mol. The van der Waals surface area contributed by atoms with Crippen LogP contribution < -0.4 is 14.8 Å². The van der Waals surface area contributed by atoms with Crippen LogP contribution in [0.3, 0.4) is 0 Å². The van der Waals surface area contributed by atoms with E-state index in [4.69, 9.17) is 14.2 Å². The zero-order valence-electron chi connectivity index (χ0n) is 17.6. The Kier molecular flexibility index (Phi) is 8.27. The van der Waals surface area contributed by atoms with E-state index < -0.39 is 10.0 Å². The highest BCUT2D eigenvalue weighted by Gasteiger charge is 2.27. The second-order valence-corrected chi connectivity index (χ2v) is 8.94. The third-order valence-corrected chi connectivity index (χ3v) is 6.81. The molecular formula is C22H28N2O6S. The fraction of sp³-hybridized carbons (Fsp3) is 0.409. The van der Waals surface area contributed by atoms with E-state index in [0.717, 1.165) is 5.75 Å². The van der Waals surface area contributed by atoms with Gasteiger partial charge in [-0.1, -0.05) is 18.2 Å². The maximum Gasteiger partial charge on any atom is 0.243 e. The molecular weight excluding hydrogens is 420 g/mol. The first-order valence-electron chi connectivity index (χ1n) is 10.2. The number of nitrogens with zero attached hydrogens (tertiary/aromatic N) is 1. The second kappa shape index (κ2) is 11.1. The number of sulfonamides is 1. The van der Waals surface area contributed by atoms with Crippen LogP contribution in [0.25, 0.3) is 0 Å². The fourth-order valence-corrected chi connectivity index (χ4v) is 4.72.